The van der Waals surface area contributed by atoms with Gasteiger partial charge in [0.1, 0.15) is 10.7 Å². The predicted molar refractivity (Wildman–Crippen MR) is 113 cm³/mol. The third kappa shape index (κ3) is 5.46. The number of hydrogen-bond donors (Lipinski definition) is 1. The summed E-state index contributed by atoms with van der Waals surface area (Å²) in [5.41, 5.74) is 7.50. The Morgan fingerprint density at radius 1 is 1.36 bits per heavy atom. The number of aromatic nitrogens is 2. The fourth-order valence-corrected chi connectivity index (χ4v) is 4.23. The molecule has 156 valence electrons. The van der Waals surface area contributed by atoms with Crippen molar-refractivity contribution in [2.45, 2.75) is 24.8 Å². The zero-order valence-corrected chi connectivity index (χ0v) is 18.8. The molecule has 0 amide bonds. The monoisotopic (exact) mass is 470 g/mol. The van der Waals surface area contributed by atoms with Gasteiger partial charge in [0.15, 0.2) is 5.15 Å². The molecule has 0 aliphatic rings. The van der Waals surface area contributed by atoms with Gasteiger partial charge in [0.2, 0.25) is 10.0 Å². The summed E-state index contributed by atoms with van der Waals surface area (Å²) in [6.07, 6.45) is 1.66. The third-order valence-corrected chi connectivity index (χ3v) is 6.66. The summed E-state index contributed by atoms with van der Waals surface area (Å²) in [4.78, 5) is 0.0328. The molecule has 0 atom stereocenters. The van der Waals surface area contributed by atoms with E-state index in [4.69, 9.17) is 28.9 Å². The lowest BCUT2D eigenvalue weighted by Gasteiger charge is -2.13. The fourth-order valence-electron chi connectivity index (χ4n) is 2.50. The maximum absolute atomic E-state index is 13.7. The largest absolute Gasteiger partial charge is 0.327 e. The molecule has 0 bridgehead atoms. The van der Waals surface area contributed by atoms with E-state index in [2.05, 4.69) is 5.10 Å². The van der Waals surface area contributed by atoms with Crippen LogP contribution in [0.2, 0.25) is 10.2 Å². The Morgan fingerprint density at radius 3 is 2.54 bits per heavy atom. The Bertz CT molecular complexity index is 975. The van der Waals surface area contributed by atoms with E-state index in [-0.39, 0.29) is 40.6 Å². The van der Waals surface area contributed by atoms with Crippen LogP contribution in [0.1, 0.15) is 16.8 Å². The minimum absolute atomic E-state index is 0. The van der Waals surface area contributed by atoms with Crippen molar-refractivity contribution in [3.63, 3.8) is 0 Å². The van der Waals surface area contributed by atoms with Crippen molar-refractivity contribution in [3.05, 3.63) is 57.1 Å². The molecule has 1 heterocycles. The molecule has 0 aliphatic carbocycles. The summed E-state index contributed by atoms with van der Waals surface area (Å²) in [6, 6.07) is 4.72. The van der Waals surface area contributed by atoms with Crippen LogP contribution in [-0.2, 0) is 23.0 Å². The molecule has 0 fully saturated rings. The molecule has 2 N–H and O–H groups in total. The highest BCUT2D eigenvalue weighted by molar-refractivity contribution is 7.89. The normalized spacial score (nSPS) is 12.4. The molecular formula is C17H22Cl3FN4O2S. The quantitative estimate of drug-likeness (QED) is 0.669. The Labute approximate surface area is 180 Å². The van der Waals surface area contributed by atoms with Gasteiger partial charge in [0.05, 0.1) is 11.6 Å². The highest BCUT2D eigenvalue weighted by Crippen LogP contribution is 2.28. The molecule has 0 spiro atoms. The maximum atomic E-state index is 13.7. The number of rotatable bonds is 7. The zero-order valence-electron chi connectivity index (χ0n) is 15.6. The summed E-state index contributed by atoms with van der Waals surface area (Å²) in [7, 11) is -0.748. The lowest BCUT2D eigenvalue weighted by Crippen LogP contribution is -2.22. The van der Waals surface area contributed by atoms with Crippen LogP contribution >= 0.6 is 35.6 Å². The number of halogens is 4. The maximum Gasteiger partial charge on any atom is 0.244 e. The summed E-state index contributed by atoms with van der Waals surface area (Å²) >= 11 is 12.4. The van der Waals surface area contributed by atoms with Crippen molar-refractivity contribution < 1.29 is 12.8 Å². The predicted octanol–water partition coefficient (Wildman–Crippen LogP) is 3.57. The van der Waals surface area contributed by atoms with Gasteiger partial charge in [0.25, 0.3) is 0 Å². The number of allylic oxidation sites excluding steroid dienone is 1. The molecule has 0 radical (unpaired) electrons. The molecule has 1 aromatic heterocycles. The van der Waals surface area contributed by atoms with Crippen LogP contribution in [0.3, 0.4) is 0 Å². The summed E-state index contributed by atoms with van der Waals surface area (Å²) < 4.78 is 40.8. The first kappa shape index (κ1) is 24.9. The fraction of sp³-hybridized carbons (Fsp3) is 0.353. The van der Waals surface area contributed by atoms with Gasteiger partial charge < -0.3 is 5.73 Å². The van der Waals surface area contributed by atoms with Gasteiger partial charge >= 0.3 is 0 Å². The molecule has 2 rings (SSSR count). The average Bonchev–Trinajstić information content (AvgIpc) is 2.82. The van der Waals surface area contributed by atoms with Gasteiger partial charge in [-0.25, -0.2) is 17.1 Å². The van der Waals surface area contributed by atoms with Crippen LogP contribution in [0, 0.1) is 6.92 Å². The van der Waals surface area contributed by atoms with Gasteiger partial charge in [-0.2, -0.15) is 5.10 Å². The number of nitrogens with two attached hydrogens (primary N) is 1. The third-order valence-electron chi connectivity index (χ3n) is 4.06. The average molecular weight is 472 g/mol. The van der Waals surface area contributed by atoms with Gasteiger partial charge in [-0.1, -0.05) is 29.3 Å². The Kier molecular flexibility index (Phi) is 8.92. The van der Waals surface area contributed by atoms with E-state index in [0.29, 0.717) is 12.1 Å². The van der Waals surface area contributed by atoms with E-state index < -0.39 is 15.9 Å². The van der Waals surface area contributed by atoms with Crippen molar-refractivity contribution in [1.29, 1.82) is 0 Å². The highest BCUT2D eigenvalue weighted by Gasteiger charge is 2.21. The molecule has 1 aromatic carbocycles. The van der Waals surface area contributed by atoms with Gasteiger partial charge in [-0.3, -0.25) is 4.68 Å². The molecule has 0 unspecified atom stereocenters. The standard InChI is InChI=1S/C17H21Cl2FN4O2S.ClH/c1-11-14(17(19)22-24(11)10-13(20)6-7-21)8-12-4-5-16(15(18)9-12)27(25,26)23(2)3;/h4-6,9H,7-8,10,21H2,1-3H3;1H. The van der Waals surface area contributed by atoms with E-state index in [1.807, 2.05) is 0 Å². The van der Waals surface area contributed by atoms with Crippen molar-refractivity contribution in [2.24, 2.45) is 5.73 Å². The molecular weight excluding hydrogens is 450 g/mol. The van der Waals surface area contributed by atoms with Crippen LogP contribution < -0.4 is 5.73 Å². The second-order valence-electron chi connectivity index (χ2n) is 6.13. The summed E-state index contributed by atoms with van der Waals surface area (Å²) in [5, 5.41) is 4.54. The number of sulfonamides is 1. The molecule has 0 aliphatic heterocycles. The van der Waals surface area contributed by atoms with Gasteiger partial charge in [0, 0.05) is 38.3 Å². The van der Waals surface area contributed by atoms with Crippen molar-refractivity contribution in [1.82, 2.24) is 14.1 Å². The van der Waals surface area contributed by atoms with Crippen molar-refractivity contribution in [3.8, 4) is 0 Å². The Balaban J connectivity index is 0.00000392. The molecule has 28 heavy (non-hydrogen) atoms. The second-order valence-corrected chi connectivity index (χ2v) is 9.01. The first-order chi connectivity index (χ1) is 12.6. The smallest absolute Gasteiger partial charge is 0.244 e. The minimum Gasteiger partial charge on any atom is -0.327 e. The van der Waals surface area contributed by atoms with E-state index in [9.17, 15) is 12.8 Å². The lowest BCUT2D eigenvalue weighted by atomic mass is 10.1. The molecule has 11 heteroatoms. The van der Waals surface area contributed by atoms with E-state index >= 15 is 0 Å². The summed E-state index contributed by atoms with van der Waals surface area (Å²) in [6.45, 7) is 1.84. The Morgan fingerprint density at radius 2 is 2.00 bits per heavy atom. The number of nitrogens with zero attached hydrogens (tertiary/aromatic N) is 3. The van der Waals surface area contributed by atoms with Crippen LogP contribution in [0.15, 0.2) is 35.0 Å². The highest BCUT2D eigenvalue weighted by atomic mass is 35.5. The topological polar surface area (TPSA) is 81.2 Å². The molecule has 2 aromatic rings. The SMILES string of the molecule is Cc1c(Cc2ccc(S(=O)(=O)N(C)C)c(Cl)c2)c(Cl)nn1CC(F)=CCN.Cl. The minimum atomic E-state index is -3.63. The second kappa shape index (κ2) is 10.0. The molecule has 0 saturated carbocycles. The van der Waals surface area contributed by atoms with Crippen molar-refractivity contribution >= 4 is 45.6 Å². The zero-order chi connectivity index (χ0) is 20.4. The first-order valence-corrected chi connectivity index (χ1v) is 10.2. The molecule has 6 nitrogen and oxygen atoms in total. The van der Waals surface area contributed by atoms with Crippen LogP contribution in [0.4, 0.5) is 4.39 Å². The Hall–Kier alpha value is -1.16. The van der Waals surface area contributed by atoms with Crippen LogP contribution in [0.25, 0.3) is 0 Å². The summed E-state index contributed by atoms with van der Waals surface area (Å²) in [5.74, 6) is -0.396. The van der Waals surface area contributed by atoms with E-state index in [0.717, 1.165) is 15.4 Å². The molecule has 0 saturated heterocycles. The van der Waals surface area contributed by atoms with E-state index in [1.165, 1.54) is 30.9 Å². The van der Waals surface area contributed by atoms with E-state index in [1.54, 1.807) is 19.1 Å². The lowest BCUT2D eigenvalue weighted by molar-refractivity contribution is 0.518. The number of benzene rings is 1. The van der Waals surface area contributed by atoms with Crippen LogP contribution in [0.5, 0.6) is 0 Å². The first-order valence-electron chi connectivity index (χ1n) is 8.05. The van der Waals surface area contributed by atoms with Gasteiger partial charge in [-0.15, -0.1) is 12.4 Å². The van der Waals surface area contributed by atoms with Crippen LogP contribution in [-0.4, -0.2) is 43.1 Å². The van der Waals surface area contributed by atoms with Gasteiger partial charge in [-0.05, 0) is 30.7 Å². The number of hydrogen-bond acceptors (Lipinski definition) is 4. The van der Waals surface area contributed by atoms with Crippen molar-refractivity contribution in [2.75, 3.05) is 20.6 Å².